The minimum absolute atomic E-state index is 0.0115. The van der Waals surface area contributed by atoms with E-state index in [1.54, 1.807) is 0 Å². The maximum absolute atomic E-state index is 14.1. The van der Waals surface area contributed by atoms with Crippen molar-refractivity contribution in [3.05, 3.63) is 98.5 Å². The lowest BCUT2D eigenvalue weighted by molar-refractivity contribution is -0.140. The number of anilines is 1. The van der Waals surface area contributed by atoms with Crippen LogP contribution < -0.4 is 9.62 Å². The lowest BCUT2D eigenvalue weighted by Gasteiger charge is -2.33. The summed E-state index contributed by atoms with van der Waals surface area (Å²) in [6.45, 7) is 3.79. The number of halogens is 3. The summed E-state index contributed by atoms with van der Waals surface area (Å²) in [5.41, 5.74) is 2.65. The van der Waals surface area contributed by atoms with E-state index in [-0.39, 0.29) is 39.6 Å². The van der Waals surface area contributed by atoms with Crippen molar-refractivity contribution in [3.8, 4) is 0 Å². The van der Waals surface area contributed by atoms with Gasteiger partial charge in [0.25, 0.3) is 0 Å². The van der Waals surface area contributed by atoms with E-state index in [0.717, 1.165) is 27.3 Å². The van der Waals surface area contributed by atoms with Crippen LogP contribution in [-0.4, -0.2) is 50.5 Å². The number of amides is 2. The number of benzene rings is 3. The zero-order chi connectivity index (χ0) is 29.4. The number of nitrogens with zero attached hydrogens (tertiary/aromatic N) is 2. The standard InChI is InChI=1S/C29H32Cl3N3O4S/c1-4-13-33-29(37)27(15-21-10-6-5-7-11-21)34(18-22-12-8-9-20(2)14-22)28(36)19-35(40(3,38)39)26-17-24(31)23(30)16-25(26)32/h5-12,14,16-17,27H,4,13,15,18-19H2,1-3H3,(H,33,37). The van der Waals surface area contributed by atoms with Crippen LogP contribution in [0.3, 0.4) is 0 Å². The molecule has 0 radical (unpaired) electrons. The van der Waals surface area contributed by atoms with Gasteiger partial charge in [-0.05, 0) is 36.6 Å². The molecule has 1 unspecified atom stereocenters. The van der Waals surface area contributed by atoms with Crippen LogP contribution in [-0.2, 0) is 32.6 Å². The Morgan fingerprint density at radius 2 is 1.55 bits per heavy atom. The summed E-state index contributed by atoms with van der Waals surface area (Å²) in [6, 6.07) is 18.7. The Balaban J connectivity index is 2.08. The van der Waals surface area contributed by atoms with Crippen molar-refractivity contribution in [2.24, 2.45) is 0 Å². The third-order valence-electron chi connectivity index (χ3n) is 6.19. The number of carbonyl (C=O) groups is 2. The quantitative estimate of drug-likeness (QED) is 0.255. The van der Waals surface area contributed by atoms with Crippen LogP contribution in [0.15, 0.2) is 66.7 Å². The highest BCUT2D eigenvalue weighted by Crippen LogP contribution is 2.35. The Hall–Kier alpha value is -2.78. The van der Waals surface area contributed by atoms with Crippen LogP contribution in [0.5, 0.6) is 0 Å². The predicted molar refractivity (Wildman–Crippen MR) is 163 cm³/mol. The van der Waals surface area contributed by atoms with Gasteiger partial charge in [0.1, 0.15) is 12.6 Å². The number of hydrogen-bond donors (Lipinski definition) is 1. The number of hydrogen-bond acceptors (Lipinski definition) is 4. The van der Waals surface area contributed by atoms with Crippen molar-refractivity contribution in [1.29, 1.82) is 0 Å². The van der Waals surface area contributed by atoms with Gasteiger partial charge < -0.3 is 10.2 Å². The molecule has 0 aliphatic heterocycles. The molecule has 3 aromatic rings. The van der Waals surface area contributed by atoms with Crippen LogP contribution in [0.4, 0.5) is 5.69 Å². The number of aryl methyl sites for hydroxylation is 1. The van der Waals surface area contributed by atoms with Crippen molar-refractivity contribution in [1.82, 2.24) is 10.2 Å². The van der Waals surface area contributed by atoms with Gasteiger partial charge in [0, 0.05) is 19.5 Å². The molecule has 1 atom stereocenters. The molecule has 0 saturated carbocycles. The average molecular weight is 625 g/mol. The smallest absolute Gasteiger partial charge is 0.244 e. The van der Waals surface area contributed by atoms with Crippen LogP contribution in [0.1, 0.15) is 30.0 Å². The predicted octanol–water partition coefficient (Wildman–Crippen LogP) is 5.89. The SMILES string of the molecule is CCCNC(=O)C(Cc1ccccc1)N(Cc1cccc(C)c1)C(=O)CN(c1cc(Cl)c(Cl)cc1Cl)S(C)(=O)=O. The van der Waals surface area contributed by atoms with Crippen LogP contribution in [0.2, 0.25) is 15.1 Å². The Labute approximate surface area is 251 Å². The summed E-state index contributed by atoms with van der Waals surface area (Å²) in [6.07, 6.45) is 1.92. The molecule has 40 heavy (non-hydrogen) atoms. The molecule has 214 valence electrons. The molecule has 1 N–H and O–H groups in total. The van der Waals surface area contributed by atoms with Crippen LogP contribution >= 0.6 is 34.8 Å². The molecule has 0 aliphatic carbocycles. The van der Waals surface area contributed by atoms with E-state index in [2.05, 4.69) is 5.32 Å². The fraction of sp³-hybridized carbons (Fsp3) is 0.310. The zero-order valence-electron chi connectivity index (χ0n) is 22.5. The fourth-order valence-electron chi connectivity index (χ4n) is 4.23. The van der Waals surface area contributed by atoms with Gasteiger partial charge in [-0.15, -0.1) is 0 Å². The molecule has 2 amide bonds. The van der Waals surface area contributed by atoms with Gasteiger partial charge in [-0.25, -0.2) is 8.42 Å². The summed E-state index contributed by atoms with van der Waals surface area (Å²) in [4.78, 5) is 29.0. The van der Waals surface area contributed by atoms with Crippen molar-refractivity contribution < 1.29 is 18.0 Å². The van der Waals surface area contributed by atoms with Crippen LogP contribution in [0.25, 0.3) is 0 Å². The van der Waals surface area contributed by atoms with Crippen molar-refractivity contribution >= 4 is 62.3 Å². The molecule has 7 nitrogen and oxygen atoms in total. The highest BCUT2D eigenvalue weighted by atomic mass is 35.5. The van der Waals surface area contributed by atoms with Gasteiger partial charge in [0.15, 0.2) is 0 Å². The summed E-state index contributed by atoms with van der Waals surface area (Å²) in [5, 5.41) is 3.15. The first-order valence-electron chi connectivity index (χ1n) is 12.7. The highest BCUT2D eigenvalue weighted by molar-refractivity contribution is 7.92. The Morgan fingerprint density at radius 3 is 2.17 bits per heavy atom. The largest absolute Gasteiger partial charge is 0.354 e. The number of sulfonamides is 1. The Kier molecular flexibility index (Phi) is 11.3. The molecule has 3 rings (SSSR count). The first-order valence-corrected chi connectivity index (χ1v) is 15.7. The van der Waals surface area contributed by atoms with Gasteiger partial charge in [-0.3, -0.25) is 13.9 Å². The molecule has 0 aliphatic rings. The van der Waals surface area contributed by atoms with E-state index in [0.29, 0.717) is 13.0 Å². The first kappa shape index (κ1) is 31.7. The minimum Gasteiger partial charge on any atom is -0.354 e. The Bertz CT molecular complexity index is 1450. The summed E-state index contributed by atoms with van der Waals surface area (Å²) < 4.78 is 26.7. The molecule has 0 heterocycles. The molecular weight excluding hydrogens is 593 g/mol. The van der Waals surface area contributed by atoms with Crippen LogP contribution in [0, 0.1) is 6.92 Å². The zero-order valence-corrected chi connectivity index (χ0v) is 25.6. The van der Waals surface area contributed by atoms with E-state index >= 15 is 0 Å². The first-order chi connectivity index (χ1) is 18.9. The second-order valence-corrected chi connectivity index (χ2v) is 12.6. The lowest BCUT2D eigenvalue weighted by Crippen LogP contribution is -2.53. The maximum atomic E-state index is 14.1. The summed E-state index contributed by atoms with van der Waals surface area (Å²) in [7, 11) is -4.00. The van der Waals surface area contributed by atoms with Gasteiger partial charge in [-0.1, -0.05) is 102 Å². The third-order valence-corrected chi connectivity index (χ3v) is 8.34. The van der Waals surface area contributed by atoms with Crippen molar-refractivity contribution in [2.75, 3.05) is 23.7 Å². The normalized spacial score (nSPS) is 12.1. The lowest BCUT2D eigenvalue weighted by atomic mass is 10.0. The second kappa shape index (κ2) is 14.2. The van der Waals surface area contributed by atoms with Gasteiger partial charge in [0.2, 0.25) is 21.8 Å². The number of carbonyl (C=O) groups excluding carboxylic acids is 2. The Morgan fingerprint density at radius 1 is 0.900 bits per heavy atom. The monoisotopic (exact) mass is 623 g/mol. The van der Waals surface area contributed by atoms with Gasteiger partial charge in [-0.2, -0.15) is 0 Å². The van der Waals surface area contributed by atoms with E-state index < -0.39 is 28.5 Å². The maximum Gasteiger partial charge on any atom is 0.244 e. The van der Waals surface area contributed by atoms with E-state index in [4.69, 9.17) is 34.8 Å². The molecule has 0 aromatic heterocycles. The van der Waals surface area contributed by atoms with Gasteiger partial charge in [0.05, 0.1) is 27.0 Å². The minimum atomic E-state index is -4.00. The molecule has 0 saturated heterocycles. The molecular formula is C29H32Cl3N3O4S. The molecule has 0 bridgehead atoms. The topological polar surface area (TPSA) is 86.8 Å². The fourth-order valence-corrected chi connectivity index (χ4v) is 5.77. The molecule has 3 aromatic carbocycles. The summed E-state index contributed by atoms with van der Waals surface area (Å²) in [5.74, 6) is -0.910. The van der Waals surface area contributed by atoms with E-state index in [1.165, 1.54) is 17.0 Å². The third kappa shape index (κ3) is 8.61. The summed E-state index contributed by atoms with van der Waals surface area (Å²) >= 11 is 18.6. The highest BCUT2D eigenvalue weighted by Gasteiger charge is 2.33. The number of nitrogens with one attached hydrogen (secondary N) is 1. The van der Waals surface area contributed by atoms with E-state index in [1.807, 2.05) is 68.4 Å². The van der Waals surface area contributed by atoms with Gasteiger partial charge >= 0.3 is 0 Å². The number of rotatable bonds is 12. The van der Waals surface area contributed by atoms with Crippen molar-refractivity contribution in [3.63, 3.8) is 0 Å². The molecule has 0 spiro atoms. The van der Waals surface area contributed by atoms with Crippen molar-refractivity contribution in [2.45, 2.75) is 39.3 Å². The van der Waals surface area contributed by atoms with E-state index in [9.17, 15) is 18.0 Å². The molecule has 11 heteroatoms. The average Bonchev–Trinajstić information content (AvgIpc) is 2.90. The molecule has 0 fully saturated rings. The second-order valence-electron chi connectivity index (χ2n) is 9.49.